The van der Waals surface area contributed by atoms with E-state index in [4.69, 9.17) is 0 Å². The third-order valence-corrected chi connectivity index (χ3v) is 3.05. The van der Waals surface area contributed by atoms with Crippen LogP contribution in [0.25, 0.3) is 16.9 Å². The Hall–Kier alpha value is -2.75. The van der Waals surface area contributed by atoms with Gasteiger partial charge >= 0.3 is 0 Å². The van der Waals surface area contributed by atoms with Crippen LogP contribution >= 0.6 is 0 Å². The number of halogens is 1. The van der Waals surface area contributed by atoms with Crippen LogP contribution in [0.4, 0.5) is 4.39 Å². The van der Waals surface area contributed by atoms with E-state index in [0.717, 1.165) is 5.69 Å². The van der Waals surface area contributed by atoms with Gasteiger partial charge < -0.3 is 0 Å². The first-order chi connectivity index (χ1) is 9.79. The zero-order valence-electron chi connectivity index (χ0n) is 10.5. The van der Waals surface area contributed by atoms with Gasteiger partial charge in [0, 0.05) is 11.1 Å². The third kappa shape index (κ3) is 2.12. The van der Waals surface area contributed by atoms with Gasteiger partial charge in [-0.1, -0.05) is 18.2 Å². The van der Waals surface area contributed by atoms with Crippen molar-refractivity contribution in [2.24, 2.45) is 0 Å². The summed E-state index contributed by atoms with van der Waals surface area (Å²) in [6.45, 7) is 0. The molecule has 0 N–H and O–H groups in total. The van der Waals surface area contributed by atoms with E-state index in [1.54, 1.807) is 16.9 Å². The van der Waals surface area contributed by atoms with Gasteiger partial charge in [0.05, 0.1) is 17.6 Å². The van der Waals surface area contributed by atoms with Crippen molar-refractivity contribution in [1.82, 2.24) is 9.78 Å². The third-order valence-electron chi connectivity index (χ3n) is 3.05. The average Bonchev–Trinajstić information content (AvgIpc) is 2.98. The van der Waals surface area contributed by atoms with Gasteiger partial charge in [0.2, 0.25) is 0 Å². The minimum absolute atomic E-state index is 0.357. The Bertz CT molecular complexity index is 750. The number of aromatic nitrogens is 2. The minimum atomic E-state index is -0.381. The Labute approximate surface area is 115 Å². The van der Waals surface area contributed by atoms with Gasteiger partial charge in [0.1, 0.15) is 12.1 Å². The standard InChI is InChI=1S/C16H11FN2O/c17-15-7-6-12(11-20)10-14(15)16-8-9-18-19(16)13-4-2-1-3-5-13/h1-11H. The first kappa shape index (κ1) is 12.3. The molecule has 4 heteroatoms. The molecule has 3 rings (SSSR count). The van der Waals surface area contributed by atoms with E-state index in [1.807, 2.05) is 30.3 Å². The lowest BCUT2D eigenvalue weighted by molar-refractivity contribution is 0.112. The fourth-order valence-corrected chi connectivity index (χ4v) is 2.09. The molecule has 3 aromatic rings. The van der Waals surface area contributed by atoms with E-state index < -0.39 is 0 Å². The Balaban J connectivity index is 2.17. The highest BCUT2D eigenvalue weighted by Crippen LogP contribution is 2.25. The number of para-hydroxylation sites is 1. The fourth-order valence-electron chi connectivity index (χ4n) is 2.09. The fraction of sp³-hybridized carbons (Fsp3) is 0. The molecule has 20 heavy (non-hydrogen) atoms. The van der Waals surface area contributed by atoms with Gasteiger partial charge in [-0.05, 0) is 36.4 Å². The van der Waals surface area contributed by atoms with Crippen molar-refractivity contribution in [2.45, 2.75) is 0 Å². The summed E-state index contributed by atoms with van der Waals surface area (Å²) in [6.07, 6.45) is 2.31. The second kappa shape index (κ2) is 5.09. The molecule has 98 valence electrons. The number of carbonyl (C=O) groups is 1. The highest BCUT2D eigenvalue weighted by atomic mass is 19.1. The van der Waals surface area contributed by atoms with Crippen molar-refractivity contribution in [1.29, 1.82) is 0 Å². The van der Waals surface area contributed by atoms with Crippen LogP contribution in [-0.2, 0) is 0 Å². The van der Waals surface area contributed by atoms with Gasteiger partial charge in [0.15, 0.2) is 0 Å². The summed E-state index contributed by atoms with van der Waals surface area (Å²) in [7, 11) is 0. The summed E-state index contributed by atoms with van der Waals surface area (Å²) in [6, 6.07) is 15.4. The maximum Gasteiger partial charge on any atom is 0.150 e. The molecule has 0 radical (unpaired) electrons. The van der Waals surface area contributed by atoms with Crippen molar-refractivity contribution in [3.63, 3.8) is 0 Å². The Morgan fingerprint density at radius 1 is 1.05 bits per heavy atom. The number of hydrogen-bond donors (Lipinski definition) is 0. The molecule has 0 aliphatic carbocycles. The largest absolute Gasteiger partial charge is 0.298 e. The van der Waals surface area contributed by atoms with Crippen LogP contribution in [0.2, 0.25) is 0 Å². The molecular weight excluding hydrogens is 255 g/mol. The van der Waals surface area contributed by atoms with Gasteiger partial charge in [-0.3, -0.25) is 4.79 Å². The number of rotatable bonds is 3. The maximum absolute atomic E-state index is 14.0. The topological polar surface area (TPSA) is 34.9 Å². The number of nitrogens with zero attached hydrogens (tertiary/aromatic N) is 2. The molecule has 0 saturated carbocycles. The van der Waals surface area contributed by atoms with Gasteiger partial charge in [-0.2, -0.15) is 5.10 Å². The van der Waals surface area contributed by atoms with E-state index in [2.05, 4.69) is 5.10 Å². The minimum Gasteiger partial charge on any atom is -0.298 e. The van der Waals surface area contributed by atoms with E-state index >= 15 is 0 Å². The quantitative estimate of drug-likeness (QED) is 0.680. The first-order valence-electron chi connectivity index (χ1n) is 6.14. The molecule has 3 nitrogen and oxygen atoms in total. The highest BCUT2D eigenvalue weighted by molar-refractivity contribution is 5.78. The van der Waals surface area contributed by atoms with Crippen molar-refractivity contribution in [3.8, 4) is 16.9 Å². The van der Waals surface area contributed by atoms with Crippen LogP contribution in [-0.4, -0.2) is 16.1 Å². The van der Waals surface area contributed by atoms with E-state index in [0.29, 0.717) is 23.1 Å². The van der Waals surface area contributed by atoms with E-state index in [1.165, 1.54) is 18.2 Å². The molecule has 0 spiro atoms. The van der Waals surface area contributed by atoms with Crippen LogP contribution in [0, 0.1) is 5.82 Å². The molecule has 1 aromatic heterocycles. The zero-order valence-corrected chi connectivity index (χ0v) is 10.5. The highest BCUT2D eigenvalue weighted by Gasteiger charge is 2.12. The van der Waals surface area contributed by atoms with Gasteiger partial charge in [-0.25, -0.2) is 9.07 Å². The van der Waals surface area contributed by atoms with Crippen LogP contribution in [0.5, 0.6) is 0 Å². The lowest BCUT2D eigenvalue weighted by atomic mass is 10.1. The Morgan fingerprint density at radius 3 is 2.60 bits per heavy atom. The number of aldehydes is 1. The van der Waals surface area contributed by atoms with Crippen LogP contribution < -0.4 is 0 Å². The average molecular weight is 266 g/mol. The molecule has 2 aromatic carbocycles. The molecule has 0 bridgehead atoms. The van der Waals surface area contributed by atoms with Crippen molar-refractivity contribution < 1.29 is 9.18 Å². The summed E-state index contributed by atoms with van der Waals surface area (Å²) in [5, 5.41) is 4.22. The smallest absolute Gasteiger partial charge is 0.150 e. The van der Waals surface area contributed by atoms with Crippen LogP contribution in [0.1, 0.15) is 10.4 Å². The SMILES string of the molecule is O=Cc1ccc(F)c(-c2ccnn2-c2ccccc2)c1. The van der Waals surface area contributed by atoms with Crippen molar-refractivity contribution >= 4 is 6.29 Å². The molecular formula is C16H11FN2O. The van der Waals surface area contributed by atoms with E-state index in [9.17, 15) is 9.18 Å². The summed E-state index contributed by atoms with van der Waals surface area (Å²) < 4.78 is 15.7. The molecule has 0 fully saturated rings. The summed E-state index contributed by atoms with van der Waals surface area (Å²) in [5.41, 5.74) is 2.24. The monoisotopic (exact) mass is 266 g/mol. The maximum atomic E-state index is 14.0. The summed E-state index contributed by atoms with van der Waals surface area (Å²) >= 11 is 0. The molecule has 1 heterocycles. The second-order valence-electron chi connectivity index (χ2n) is 4.32. The lowest BCUT2D eigenvalue weighted by Crippen LogP contribution is -2.00. The molecule has 0 aliphatic rings. The normalized spacial score (nSPS) is 10.4. The Morgan fingerprint density at radius 2 is 1.85 bits per heavy atom. The predicted molar refractivity (Wildman–Crippen MR) is 74.3 cm³/mol. The van der Waals surface area contributed by atoms with Crippen molar-refractivity contribution in [3.05, 3.63) is 72.2 Å². The second-order valence-corrected chi connectivity index (χ2v) is 4.32. The van der Waals surface area contributed by atoms with Crippen LogP contribution in [0.15, 0.2) is 60.8 Å². The van der Waals surface area contributed by atoms with Gasteiger partial charge in [0.25, 0.3) is 0 Å². The zero-order chi connectivity index (χ0) is 13.9. The lowest BCUT2D eigenvalue weighted by Gasteiger charge is -2.08. The molecule has 0 amide bonds. The van der Waals surface area contributed by atoms with Crippen LogP contribution in [0.3, 0.4) is 0 Å². The first-order valence-corrected chi connectivity index (χ1v) is 6.14. The molecule has 0 atom stereocenters. The molecule has 0 unspecified atom stereocenters. The Kier molecular flexibility index (Phi) is 3.13. The van der Waals surface area contributed by atoms with E-state index in [-0.39, 0.29) is 5.82 Å². The summed E-state index contributed by atoms with van der Waals surface area (Å²) in [4.78, 5) is 10.8. The van der Waals surface area contributed by atoms with Gasteiger partial charge in [-0.15, -0.1) is 0 Å². The van der Waals surface area contributed by atoms with Crippen molar-refractivity contribution in [2.75, 3.05) is 0 Å². The number of benzene rings is 2. The number of carbonyl (C=O) groups excluding carboxylic acids is 1. The molecule has 0 aliphatic heterocycles. The number of hydrogen-bond acceptors (Lipinski definition) is 2. The predicted octanol–water partition coefficient (Wildman–Crippen LogP) is 3.49. The summed E-state index contributed by atoms with van der Waals surface area (Å²) in [5.74, 6) is -0.381. The molecule has 0 saturated heterocycles.